The summed E-state index contributed by atoms with van der Waals surface area (Å²) in [7, 11) is 0. The maximum Gasteiger partial charge on any atom is 0.250 e. The van der Waals surface area contributed by atoms with Crippen LogP contribution in [0, 0.1) is 0 Å². The van der Waals surface area contributed by atoms with Gasteiger partial charge in [0.15, 0.2) is 0 Å². The number of carbonyl (C=O) groups excluding carboxylic acids is 1. The fourth-order valence-electron chi connectivity index (χ4n) is 4.60. The second-order valence-corrected chi connectivity index (χ2v) is 9.94. The summed E-state index contributed by atoms with van der Waals surface area (Å²) in [5, 5.41) is 0.979. The lowest BCUT2D eigenvalue weighted by Gasteiger charge is -2.45. The van der Waals surface area contributed by atoms with E-state index in [2.05, 4.69) is 4.90 Å². The Kier molecular flexibility index (Phi) is 5.46. The standard InChI is InChI=1S/C23H27F2N3O2S/c1-15(29)28-9-6-20-21(14-28)31-22(26-20)16-2-4-18(5-3-16)30-19-12-17(13-19)27-10-7-23(24,25)8-11-27/h2-5,17,19H,6-14H2,1H3. The molecule has 8 heteroatoms. The van der Waals surface area contributed by atoms with Gasteiger partial charge in [0.1, 0.15) is 16.9 Å². The van der Waals surface area contributed by atoms with Gasteiger partial charge in [0.2, 0.25) is 5.91 Å². The molecule has 1 amide bonds. The van der Waals surface area contributed by atoms with Crippen LogP contribution in [0.25, 0.3) is 10.6 Å². The molecule has 5 rings (SSSR count). The van der Waals surface area contributed by atoms with Gasteiger partial charge in [0, 0.05) is 75.1 Å². The third kappa shape index (κ3) is 4.46. The van der Waals surface area contributed by atoms with Crippen LogP contribution in [0.3, 0.4) is 0 Å². The first kappa shape index (κ1) is 20.8. The molecule has 5 nitrogen and oxygen atoms in total. The number of amides is 1. The number of thiazole rings is 1. The summed E-state index contributed by atoms with van der Waals surface area (Å²) < 4.78 is 32.7. The highest BCUT2D eigenvalue weighted by Gasteiger charge is 2.41. The zero-order valence-corrected chi connectivity index (χ0v) is 18.5. The molecule has 31 heavy (non-hydrogen) atoms. The Morgan fingerprint density at radius 2 is 1.87 bits per heavy atom. The lowest BCUT2D eigenvalue weighted by Crippen LogP contribution is -2.53. The monoisotopic (exact) mass is 447 g/mol. The van der Waals surface area contributed by atoms with Crippen molar-refractivity contribution < 1.29 is 18.3 Å². The van der Waals surface area contributed by atoms with Crippen LogP contribution in [0.5, 0.6) is 5.75 Å². The third-order valence-electron chi connectivity index (χ3n) is 6.70. The minimum Gasteiger partial charge on any atom is -0.490 e. The molecular weight excluding hydrogens is 420 g/mol. The van der Waals surface area contributed by atoms with Crippen LogP contribution in [0.15, 0.2) is 24.3 Å². The molecule has 0 unspecified atom stereocenters. The summed E-state index contributed by atoms with van der Waals surface area (Å²) in [5.41, 5.74) is 2.16. The summed E-state index contributed by atoms with van der Waals surface area (Å²) in [6.45, 7) is 3.98. The van der Waals surface area contributed by atoms with Crippen molar-refractivity contribution in [2.24, 2.45) is 0 Å². The molecule has 0 radical (unpaired) electrons. The first-order chi connectivity index (χ1) is 14.9. The van der Waals surface area contributed by atoms with E-state index >= 15 is 0 Å². The second-order valence-electron chi connectivity index (χ2n) is 8.86. The zero-order chi connectivity index (χ0) is 21.6. The van der Waals surface area contributed by atoms with Gasteiger partial charge in [0.25, 0.3) is 5.92 Å². The lowest BCUT2D eigenvalue weighted by molar-refractivity contribution is -0.129. The molecule has 1 aromatic carbocycles. The number of rotatable bonds is 4. The highest BCUT2D eigenvalue weighted by atomic mass is 32.1. The number of aromatic nitrogens is 1. The Morgan fingerprint density at radius 1 is 1.16 bits per heavy atom. The van der Waals surface area contributed by atoms with E-state index in [9.17, 15) is 13.6 Å². The Hall–Kier alpha value is -2.06. The second kappa shape index (κ2) is 8.13. The quantitative estimate of drug-likeness (QED) is 0.699. The van der Waals surface area contributed by atoms with Gasteiger partial charge in [-0.1, -0.05) is 0 Å². The van der Waals surface area contributed by atoms with Crippen molar-refractivity contribution in [2.45, 2.75) is 63.6 Å². The van der Waals surface area contributed by atoms with E-state index in [1.165, 1.54) is 4.88 Å². The molecule has 0 bridgehead atoms. The molecule has 2 fully saturated rings. The van der Waals surface area contributed by atoms with E-state index < -0.39 is 5.92 Å². The maximum atomic E-state index is 13.3. The van der Waals surface area contributed by atoms with Gasteiger partial charge in [-0.25, -0.2) is 13.8 Å². The van der Waals surface area contributed by atoms with Crippen LogP contribution in [0.2, 0.25) is 0 Å². The van der Waals surface area contributed by atoms with Gasteiger partial charge in [-0.2, -0.15) is 0 Å². The third-order valence-corrected chi connectivity index (χ3v) is 7.83. The molecule has 3 aliphatic rings. The fourth-order valence-corrected chi connectivity index (χ4v) is 5.73. The van der Waals surface area contributed by atoms with Crippen molar-refractivity contribution in [3.8, 4) is 16.3 Å². The average molecular weight is 448 g/mol. The largest absolute Gasteiger partial charge is 0.490 e. The predicted octanol–water partition coefficient (Wildman–Crippen LogP) is 4.36. The number of carbonyl (C=O) groups is 1. The topological polar surface area (TPSA) is 45.7 Å². The molecule has 0 atom stereocenters. The van der Waals surface area contributed by atoms with Crippen molar-refractivity contribution in [3.05, 3.63) is 34.8 Å². The summed E-state index contributed by atoms with van der Waals surface area (Å²) in [5.74, 6) is -1.54. The van der Waals surface area contributed by atoms with Gasteiger partial charge in [-0.3, -0.25) is 9.69 Å². The van der Waals surface area contributed by atoms with E-state index in [1.807, 2.05) is 29.2 Å². The Labute approximate surface area is 185 Å². The van der Waals surface area contributed by atoms with E-state index in [0.717, 1.165) is 47.8 Å². The van der Waals surface area contributed by atoms with E-state index in [-0.39, 0.29) is 24.9 Å². The molecule has 1 aliphatic carbocycles. The molecule has 3 heterocycles. The number of likely N-dealkylation sites (tertiary alicyclic amines) is 1. The van der Waals surface area contributed by atoms with Gasteiger partial charge >= 0.3 is 0 Å². The van der Waals surface area contributed by atoms with E-state index in [1.54, 1.807) is 18.3 Å². The summed E-state index contributed by atoms with van der Waals surface area (Å²) >= 11 is 1.66. The SMILES string of the molecule is CC(=O)N1CCc2nc(-c3ccc(OC4CC(N5CCC(F)(F)CC5)C4)cc3)sc2C1. The smallest absolute Gasteiger partial charge is 0.250 e. The van der Waals surface area contributed by atoms with Crippen LogP contribution < -0.4 is 4.74 Å². The molecule has 1 saturated carbocycles. The highest BCUT2D eigenvalue weighted by molar-refractivity contribution is 7.15. The van der Waals surface area contributed by atoms with Crippen molar-refractivity contribution in [2.75, 3.05) is 19.6 Å². The van der Waals surface area contributed by atoms with Crippen molar-refractivity contribution in [1.29, 1.82) is 0 Å². The molecule has 0 spiro atoms. The molecular formula is C23H27F2N3O2S. The number of fused-ring (bicyclic) bond motifs is 1. The zero-order valence-electron chi connectivity index (χ0n) is 17.7. The minimum atomic E-state index is -2.48. The molecule has 1 saturated heterocycles. The van der Waals surface area contributed by atoms with Crippen LogP contribution >= 0.6 is 11.3 Å². The predicted molar refractivity (Wildman–Crippen MR) is 116 cm³/mol. The van der Waals surface area contributed by atoms with E-state index in [0.29, 0.717) is 25.7 Å². The maximum absolute atomic E-state index is 13.3. The Balaban J connectivity index is 1.15. The van der Waals surface area contributed by atoms with Gasteiger partial charge in [0.05, 0.1) is 12.2 Å². The van der Waals surface area contributed by atoms with Crippen molar-refractivity contribution in [3.63, 3.8) is 0 Å². The van der Waals surface area contributed by atoms with Crippen LogP contribution in [-0.2, 0) is 17.8 Å². The molecule has 166 valence electrons. The Bertz CT molecular complexity index is 946. The van der Waals surface area contributed by atoms with Gasteiger partial charge in [-0.05, 0) is 24.3 Å². The van der Waals surface area contributed by atoms with E-state index in [4.69, 9.17) is 9.72 Å². The number of halogens is 2. The van der Waals surface area contributed by atoms with Gasteiger partial charge < -0.3 is 9.64 Å². The molecule has 1 aromatic heterocycles. The molecule has 2 aromatic rings. The van der Waals surface area contributed by atoms with Gasteiger partial charge in [-0.15, -0.1) is 11.3 Å². The van der Waals surface area contributed by atoms with Crippen LogP contribution in [-0.4, -0.2) is 58.4 Å². The molecule has 2 aliphatic heterocycles. The summed E-state index contributed by atoms with van der Waals surface area (Å²) in [6, 6.07) is 8.39. The number of hydrogen-bond acceptors (Lipinski definition) is 5. The number of ether oxygens (including phenoxy) is 1. The average Bonchev–Trinajstić information content (AvgIpc) is 3.14. The number of hydrogen-bond donors (Lipinski definition) is 0. The highest BCUT2D eigenvalue weighted by Crippen LogP contribution is 2.36. The summed E-state index contributed by atoms with van der Waals surface area (Å²) in [4.78, 5) is 21.7. The first-order valence-corrected chi connectivity index (χ1v) is 11.8. The van der Waals surface area contributed by atoms with Crippen molar-refractivity contribution in [1.82, 2.24) is 14.8 Å². The normalized spacial score (nSPS) is 25.6. The lowest BCUT2D eigenvalue weighted by atomic mass is 9.86. The van der Waals surface area contributed by atoms with Crippen LogP contribution in [0.4, 0.5) is 8.78 Å². The first-order valence-electron chi connectivity index (χ1n) is 11.0. The Morgan fingerprint density at radius 3 is 2.55 bits per heavy atom. The molecule has 0 N–H and O–H groups in total. The number of benzene rings is 1. The van der Waals surface area contributed by atoms with Crippen molar-refractivity contribution >= 4 is 17.2 Å². The number of piperidine rings is 1. The fraction of sp³-hybridized carbons (Fsp3) is 0.565. The number of alkyl halides is 2. The summed E-state index contributed by atoms with van der Waals surface area (Å²) in [6.07, 6.45) is 2.72. The number of nitrogens with zero attached hydrogens (tertiary/aromatic N) is 3. The minimum absolute atomic E-state index is 0.0244. The van der Waals surface area contributed by atoms with Crippen LogP contribution in [0.1, 0.15) is 43.2 Å².